The van der Waals surface area contributed by atoms with Gasteiger partial charge in [-0.25, -0.2) is 35.1 Å². The average Bonchev–Trinajstić information content (AvgIpc) is 0.703. The van der Waals surface area contributed by atoms with Gasteiger partial charge in [0.05, 0.1) is 38.6 Å². The second-order valence-corrected chi connectivity index (χ2v) is 36.2. The van der Waals surface area contributed by atoms with Crippen LogP contribution < -0.4 is 0 Å². The molecule has 6 aromatic carbocycles. The van der Waals surface area contributed by atoms with Crippen LogP contribution in [0.1, 0.15) is 280 Å². The highest BCUT2D eigenvalue weighted by Gasteiger charge is 2.18. The molecule has 1 saturated carbocycles. The van der Waals surface area contributed by atoms with Crippen molar-refractivity contribution in [1.29, 1.82) is 0 Å². The van der Waals surface area contributed by atoms with Crippen molar-refractivity contribution >= 4 is 0 Å². The molecule has 0 amide bonds. The number of ether oxygens (including phenoxy) is 6. The average molecular weight is 1680 g/mol. The van der Waals surface area contributed by atoms with E-state index in [1.54, 1.807) is 63.1 Å². The first-order valence-corrected chi connectivity index (χ1v) is 44.8. The minimum Gasteiger partial charge on any atom is -0.378 e. The molecule has 6 aromatic rings. The van der Waals surface area contributed by atoms with Gasteiger partial charge in [0.2, 0.25) is 0 Å². The molecule has 120 heavy (non-hydrogen) atoms. The molecule has 8 atom stereocenters. The first kappa shape index (κ1) is 112. The molecule has 4 aliphatic carbocycles. The fraction of sp³-hybridized carbons (Fsp3) is 0.604. The van der Waals surface area contributed by atoms with Crippen LogP contribution in [-0.2, 0) is 28.4 Å². The van der Waals surface area contributed by atoms with Crippen LogP contribution in [0.5, 0.6) is 0 Å². The number of halogens is 8. The maximum absolute atomic E-state index is 12.6. The molecule has 14 rings (SSSR count). The molecule has 0 bridgehead atoms. The summed E-state index contributed by atoms with van der Waals surface area (Å²) in [5.74, 6) is 4.75. The highest BCUT2D eigenvalue weighted by atomic mass is 19.2. The third-order valence-electron chi connectivity index (χ3n) is 22.1. The lowest BCUT2D eigenvalue weighted by atomic mass is 9.84. The summed E-state index contributed by atoms with van der Waals surface area (Å²) in [6, 6.07) is 27.3. The summed E-state index contributed by atoms with van der Waals surface area (Å²) in [6.45, 7) is 61.3. The Bertz CT molecular complexity index is 3380. The lowest BCUT2D eigenvalue weighted by Gasteiger charge is -2.24. The molecule has 4 heterocycles. The van der Waals surface area contributed by atoms with Gasteiger partial charge in [-0.3, -0.25) is 0 Å². The topological polar surface area (TPSA) is 55.4 Å². The molecule has 0 aromatic heterocycles. The molecule has 0 N–H and O–H groups in total. The van der Waals surface area contributed by atoms with Crippen LogP contribution in [0.2, 0.25) is 0 Å². The van der Waals surface area contributed by atoms with E-state index in [1.807, 2.05) is 39.8 Å². The van der Waals surface area contributed by atoms with E-state index in [4.69, 9.17) is 28.4 Å². The zero-order valence-corrected chi connectivity index (χ0v) is 79.7. The van der Waals surface area contributed by atoms with Crippen LogP contribution >= 0.6 is 0 Å². The molecule has 5 fully saturated rings. The first-order valence-electron chi connectivity index (χ1n) is 44.8. The minimum absolute atomic E-state index is 0.0196. The quantitative estimate of drug-likeness (QED) is 0.112. The standard InChI is InChI=1S/3C8H8F2.2C8H9F.C8H16.3C8H14.C8H10.2C7H14O.2C6H12O2/c2*1-5-3-7(9)6(2)8(10)4-5;1-5-3-4-6(2)8(10)7(5)9;2*1-6-3-4-7(2)8(9)5-6;5*1-7-3-5-8(2)6-4-7;2*1-6-3-4-7(2)8-5-6;2*1-5-3-7-6(2)8-4-5/h3*3-4H,1-2H3;2*3-5H,1-2H3;7-8H,3-6H2,1-2H3;2*3,8H,4-6H2,1-2H3;3,5,7-8H,4,6H2,1-2H3;3-6H,1-2H3;2*6-7H,3-5H2,1-2H3;2*5-6H,3-4H2,1-2H3/t;;;;;;;;;;6?,7-;6-,7?;;/m..........11../s1. The number of benzene rings is 6. The molecule has 14 heteroatoms. The van der Waals surface area contributed by atoms with E-state index in [0.717, 1.165) is 98.1 Å². The summed E-state index contributed by atoms with van der Waals surface area (Å²) in [6.07, 6.45) is 32.4. The minimum atomic E-state index is -0.736. The predicted octanol–water partition coefficient (Wildman–Crippen LogP) is 31.6. The van der Waals surface area contributed by atoms with Crippen molar-refractivity contribution in [2.75, 3.05) is 39.6 Å². The second-order valence-electron chi connectivity index (χ2n) is 36.2. The van der Waals surface area contributed by atoms with Gasteiger partial charge in [0.25, 0.3) is 0 Å². The molecule has 0 spiro atoms. The van der Waals surface area contributed by atoms with E-state index in [2.05, 4.69) is 159 Å². The predicted molar refractivity (Wildman–Crippen MR) is 491 cm³/mol. The molecule has 6 unspecified atom stereocenters. The van der Waals surface area contributed by atoms with Crippen LogP contribution in [-0.4, -0.2) is 64.4 Å². The monoisotopic (exact) mass is 1680 g/mol. The summed E-state index contributed by atoms with van der Waals surface area (Å²) >= 11 is 0. The van der Waals surface area contributed by atoms with E-state index >= 15 is 0 Å². The maximum atomic E-state index is 12.6. The van der Waals surface area contributed by atoms with Crippen molar-refractivity contribution in [3.8, 4) is 0 Å². The molecule has 0 radical (unpaired) electrons. The number of aryl methyl sites for hydroxylation is 10. The Kier molecular flexibility index (Phi) is 58.5. The molecule has 678 valence electrons. The molecular weight excluding hydrogens is 1520 g/mol. The van der Waals surface area contributed by atoms with Crippen LogP contribution in [0.25, 0.3) is 0 Å². The van der Waals surface area contributed by atoms with E-state index in [0.29, 0.717) is 57.4 Å². The van der Waals surface area contributed by atoms with Gasteiger partial charge >= 0.3 is 0 Å². The normalized spacial score (nSPS) is 24.3. The zero-order valence-electron chi connectivity index (χ0n) is 79.7. The van der Waals surface area contributed by atoms with E-state index in [9.17, 15) is 35.1 Å². The smallest absolute Gasteiger partial charge is 0.161 e. The highest BCUT2D eigenvalue weighted by molar-refractivity contribution is 5.27. The van der Waals surface area contributed by atoms with Crippen LogP contribution in [0.4, 0.5) is 35.1 Å². The number of rotatable bonds is 0. The van der Waals surface area contributed by atoms with Crippen LogP contribution in [0.15, 0.2) is 133 Å². The Morgan fingerprint density at radius 3 is 0.717 bits per heavy atom. The highest BCUT2D eigenvalue weighted by Crippen LogP contribution is 2.29. The molecule has 4 saturated heterocycles. The van der Waals surface area contributed by atoms with Crippen molar-refractivity contribution in [3.05, 3.63) is 246 Å². The van der Waals surface area contributed by atoms with Crippen molar-refractivity contribution in [2.45, 2.75) is 321 Å². The molecule has 6 nitrogen and oxygen atoms in total. The maximum Gasteiger partial charge on any atom is 0.161 e. The SMILES string of the molecule is CC1=CCC(C)CC1.CC1=CCC(C)CC1.CC1C=CC(C)CC1.CC1CCC(C)CC1.CC1CC[C@@H](C)CO1.CC1CC[C@@H](C)OC1.CC1COC(C)OC1.CC1COC(C)OC1.Cc1cc(F)c(C)c(F)c1.Cc1cc(F)c(C)c(F)c1.Cc1ccc(C)c(F)c1.Cc1ccc(C)c(F)c1.Cc1ccc(C)c(F)c1F.Cc1ccc(C)cc1. The van der Waals surface area contributed by atoms with Gasteiger partial charge in [0.1, 0.15) is 34.9 Å². The van der Waals surface area contributed by atoms with Crippen molar-refractivity contribution < 1.29 is 63.5 Å². The summed E-state index contributed by atoms with van der Waals surface area (Å²) in [7, 11) is 0. The van der Waals surface area contributed by atoms with Crippen LogP contribution in [0, 0.1) is 189 Å². The number of allylic oxidation sites excluding steroid dienone is 6. The summed E-state index contributed by atoms with van der Waals surface area (Å²) in [5.41, 5.74) is 11.3. The second kappa shape index (κ2) is 62.8. The molecular formula is C106H162F8O6. The molecule has 4 aliphatic heterocycles. The van der Waals surface area contributed by atoms with Crippen LogP contribution in [0.3, 0.4) is 0 Å². The number of hydrogen-bond donors (Lipinski definition) is 0. The van der Waals surface area contributed by atoms with E-state index < -0.39 is 34.9 Å². The first-order chi connectivity index (χ1) is 56.3. The third kappa shape index (κ3) is 54.4. The van der Waals surface area contributed by atoms with Crippen molar-refractivity contribution in [3.63, 3.8) is 0 Å². The summed E-state index contributed by atoms with van der Waals surface area (Å²) in [5, 5.41) is 0. The van der Waals surface area contributed by atoms with Gasteiger partial charge in [-0.2, -0.15) is 0 Å². The van der Waals surface area contributed by atoms with Gasteiger partial charge < -0.3 is 28.4 Å². The van der Waals surface area contributed by atoms with Gasteiger partial charge in [-0.1, -0.05) is 202 Å². The number of hydrogen-bond acceptors (Lipinski definition) is 6. The lowest BCUT2D eigenvalue weighted by Crippen LogP contribution is -2.27. The Balaban J connectivity index is 0.000000647. The third-order valence-corrected chi connectivity index (χ3v) is 22.1. The van der Waals surface area contributed by atoms with Gasteiger partial charge in [0.15, 0.2) is 24.2 Å². The summed E-state index contributed by atoms with van der Waals surface area (Å²) < 4.78 is 132. The Hall–Kier alpha value is -6.26. The summed E-state index contributed by atoms with van der Waals surface area (Å²) in [4.78, 5) is 0. The Morgan fingerprint density at radius 1 is 0.242 bits per heavy atom. The van der Waals surface area contributed by atoms with Crippen molar-refractivity contribution in [1.82, 2.24) is 0 Å². The Labute approximate surface area is 725 Å². The molecule has 8 aliphatic rings. The lowest BCUT2D eigenvalue weighted by molar-refractivity contribution is -0.187. The van der Waals surface area contributed by atoms with Gasteiger partial charge in [0, 0.05) is 36.2 Å². The van der Waals surface area contributed by atoms with Gasteiger partial charge in [-0.15, -0.1) is 0 Å². The fourth-order valence-corrected chi connectivity index (χ4v) is 12.5. The Morgan fingerprint density at radius 2 is 0.500 bits per heavy atom. The van der Waals surface area contributed by atoms with Crippen molar-refractivity contribution in [2.24, 2.45) is 59.2 Å². The van der Waals surface area contributed by atoms with Gasteiger partial charge in [-0.05, 0) is 330 Å². The zero-order chi connectivity index (χ0) is 90.7. The largest absolute Gasteiger partial charge is 0.378 e. The van der Waals surface area contributed by atoms with E-state index in [-0.39, 0.29) is 35.3 Å². The van der Waals surface area contributed by atoms with E-state index in [1.165, 1.54) is 178 Å². The fourth-order valence-electron chi connectivity index (χ4n) is 12.5.